The topological polar surface area (TPSA) is 81.6 Å². The summed E-state index contributed by atoms with van der Waals surface area (Å²) in [5, 5.41) is 21.2. The number of piperidine rings is 2. The average Bonchev–Trinajstić information content (AvgIpc) is 2.80. The molecule has 0 aliphatic carbocycles. The number of likely N-dealkylation sites (tertiary alicyclic amines) is 1. The summed E-state index contributed by atoms with van der Waals surface area (Å²) in [6, 6.07) is 14.4. The molecule has 2 N–H and O–H groups in total. The molecule has 4 rings (SSSR count). The van der Waals surface area contributed by atoms with E-state index in [9.17, 15) is 9.90 Å². The van der Waals surface area contributed by atoms with Crippen LogP contribution in [0.3, 0.4) is 0 Å². The first kappa shape index (κ1) is 19.6. The standard InChI is InChI=1S/C22H29N5O2/c28-16-18-15-27(14-10-20(18)17-5-2-1-3-6-17)22(29)24-19-8-12-26(13-9-19)21-7-4-11-23-25-21/h1-7,11,18-20,28H,8-10,12-16H2,(H,24,29)/t18-,20+/m1/s1. The predicted molar refractivity (Wildman–Crippen MR) is 112 cm³/mol. The Morgan fingerprint density at radius 1 is 1.07 bits per heavy atom. The molecule has 0 saturated carbocycles. The van der Waals surface area contributed by atoms with Crippen LogP contribution in [-0.2, 0) is 0 Å². The van der Waals surface area contributed by atoms with Crippen molar-refractivity contribution in [1.82, 2.24) is 20.4 Å². The predicted octanol–water partition coefficient (Wildman–Crippen LogP) is 2.25. The lowest BCUT2D eigenvalue weighted by atomic mass is 9.81. The van der Waals surface area contributed by atoms with Crippen LogP contribution >= 0.6 is 0 Å². The van der Waals surface area contributed by atoms with E-state index in [4.69, 9.17) is 0 Å². The van der Waals surface area contributed by atoms with Crippen molar-refractivity contribution < 1.29 is 9.90 Å². The Balaban J connectivity index is 1.28. The van der Waals surface area contributed by atoms with Gasteiger partial charge in [-0.2, -0.15) is 5.10 Å². The maximum absolute atomic E-state index is 12.8. The van der Waals surface area contributed by atoms with Gasteiger partial charge in [-0.1, -0.05) is 30.3 Å². The number of amides is 2. The molecule has 3 heterocycles. The Morgan fingerprint density at radius 2 is 1.86 bits per heavy atom. The van der Waals surface area contributed by atoms with Gasteiger partial charge >= 0.3 is 6.03 Å². The minimum Gasteiger partial charge on any atom is -0.396 e. The summed E-state index contributed by atoms with van der Waals surface area (Å²) in [6.07, 6.45) is 4.35. The Hall–Kier alpha value is -2.67. The van der Waals surface area contributed by atoms with E-state index in [2.05, 4.69) is 32.5 Å². The summed E-state index contributed by atoms with van der Waals surface area (Å²) in [6.45, 7) is 3.14. The number of benzene rings is 1. The third-order valence-corrected chi connectivity index (χ3v) is 6.19. The van der Waals surface area contributed by atoms with Crippen LogP contribution < -0.4 is 10.2 Å². The average molecular weight is 396 g/mol. The Labute approximate surface area is 171 Å². The van der Waals surface area contributed by atoms with Crippen LogP contribution in [0.5, 0.6) is 0 Å². The number of hydrogen-bond donors (Lipinski definition) is 2. The third-order valence-electron chi connectivity index (χ3n) is 6.19. The van der Waals surface area contributed by atoms with Gasteiger partial charge in [0.05, 0.1) is 0 Å². The Bertz CT molecular complexity index is 780. The minimum absolute atomic E-state index is 0.00656. The van der Waals surface area contributed by atoms with Gasteiger partial charge in [-0.05, 0) is 42.9 Å². The molecule has 2 atom stereocenters. The lowest BCUT2D eigenvalue weighted by Crippen LogP contribution is -2.53. The summed E-state index contributed by atoms with van der Waals surface area (Å²) < 4.78 is 0. The molecule has 2 fully saturated rings. The lowest BCUT2D eigenvalue weighted by molar-refractivity contribution is 0.112. The van der Waals surface area contributed by atoms with Crippen molar-refractivity contribution in [1.29, 1.82) is 0 Å². The van der Waals surface area contributed by atoms with Crippen molar-refractivity contribution in [2.45, 2.75) is 31.2 Å². The molecule has 0 radical (unpaired) electrons. The van der Waals surface area contributed by atoms with Gasteiger partial charge < -0.3 is 20.2 Å². The van der Waals surface area contributed by atoms with Crippen LogP contribution in [-0.4, -0.2) is 65.1 Å². The quantitative estimate of drug-likeness (QED) is 0.830. The van der Waals surface area contributed by atoms with Gasteiger partial charge in [-0.3, -0.25) is 0 Å². The van der Waals surface area contributed by atoms with Gasteiger partial charge in [0.25, 0.3) is 0 Å². The monoisotopic (exact) mass is 395 g/mol. The van der Waals surface area contributed by atoms with Crippen molar-refractivity contribution in [3.05, 3.63) is 54.2 Å². The van der Waals surface area contributed by atoms with Crippen LogP contribution in [0, 0.1) is 5.92 Å². The second-order valence-corrected chi connectivity index (χ2v) is 7.99. The van der Waals surface area contributed by atoms with Crippen LogP contribution in [0.25, 0.3) is 0 Å². The first-order valence-electron chi connectivity index (χ1n) is 10.5. The Kier molecular flexibility index (Phi) is 6.24. The number of rotatable bonds is 4. The zero-order valence-corrected chi connectivity index (χ0v) is 16.7. The highest BCUT2D eigenvalue weighted by Gasteiger charge is 2.33. The van der Waals surface area contributed by atoms with E-state index in [1.165, 1.54) is 5.56 Å². The van der Waals surface area contributed by atoms with Gasteiger partial charge in [0.1, 0.15) is 0 Å². The number of carbonyl (C=O) groups is 1. The highest BCUT2D eigenvalue weighted by atomic mass is 16.3. The van der Waals surface area contributed by atoms with Crippen molar-refractivity contribution in [3.8, 4) is 0 Å². The second kappa shape index (κ2) is 9.22. The molecule has 0 unspecified atom stereocenters. The number of hydrogen-bond acceptors (Lipinski definition) is 5. The SMILES string of the molecule is O=C(NC1CCN(c2cccnn2)CC1)N1CC[C@@H](c2ccccc2)[C@@H](CO)C1. The van der Waals surface area contributed by atoms with Crippen LogP contribution in [0.2, 0.25) is 0 Å². The third kappa shape index (κ3) is 4.67. The molecule has 2 saturated heterocycles. The van der Waals surface area contributed by atoms with Crippen LogP contribution in [0.1, 0.15) is 30.7 Å². The van der Waals surface area contributed by atoms with Crippen molar-refractivity contribution in [2.24, 2.45) is 5.92 Å². The number of aliphatic hydroxyl groups is 1. The van der Waals surface area contributed by atoms with E-state index in [1.807, 2.05) is 35.2 Å². The summed E-state index contributed by atoms with van der Waals surface area (Å²) in [4.78, 5) is 16.9. The molecule has 0 bridgehead atoms. The number of aromatic nitrogens is 2. The first-order chi connectivity index (χ1) is 14.2. The summed E-state index contributed by atoms with van der Waals surface area (Å²) in [5.74, 6) is 1.28. The van der Waals surface area contributed by atoms with Crippen molar-refractivity contribution in [3.63, 3.8) is 0 Å². The number of carbonyl (C=O) groups excluding carboxylic acids is 1. The highest BCUT2D eigenvalue weighted by molar-refractivity contribution is 5.74. The number of nitrogens with zero attached hydrogens (tertiary/aromatic N) is 4. The van der Waals surface area contributed by atoms with Gasteiger partial charge in [-0.25, -0.2) is 4.79 Å². The van der Waals surface area contributed by atoms with E-state index in [-0.39, 0.29) is 24.6 Å². The Morgan fingerprint density at radius 3 is 2.55 bits per heavy atom. The number of aliphatic hydroxyl groups excluding tert-OH is 1. The molecule has 2 aromatic rings. The smallest absolute Gasteiger partial charge is 0.317 e. The maximum Gasteiger partial charge on any atom is 0.317 e. The molecule has 2 amide bonds. The van der Waals surface area contributed by atoms with E-state index in [0.29, 0.717) is 12.5 Å². The number of anilines is 1. The second-order valence-electron chi connectivity index (χ2n) is 7.99. The van der Waals surface area contributed by atoms with Gasteiger partial charge in [0, 0.05) is 50.9 Å². The first-order valence-corrected chi connectivity index (χ1v) is 10.5. The van der Waals surface area contributed by atoms with Crippen LogP contribution in [0.15, 0.2) is 48.7 Å². The molecule has 29 heavy (non-hydrogen) atoms. The molecule has 1 aromatic carbocycles. The molecule has 2 aliphatic heterocycles. The molecule has 7 heteroatoms. The van der Waals surface area contributed by atoms with Crippen molar-refractivity contribution in [2.75, 3.05) is 37.7 Å². The molecule has 1 aromatic heterocycles. The van der Waals surface area contributed by atoms with Gasteiger partial charge in [0.15, 0.2) is 5.82 Å². The summed E-state index contributed by atoms with van der Waals surface area (Å²) in [5.41, 5.74) is 1.25. The zero-order chi connectivity index (χ0) is 20.1. The number of nitrogens with one attached hydrogen (secondary N) is 1. The maximum atomic E-state index is 12.8. The molecule has 2 aliphatic rings. The van der Waals surface area contributed by atoms with Crippen LogP contribution in [0.4, 0.5) is 10.6 Å². The molecular formula is C22H29N5O2. The minimum atomic E-state index is -0.00656. The summed E-state index contributed by atoms with van der Waals surface area (Å²) >= 11 is 0. The summed E-state index contributed by atoms with van der Waals surface area (Å²) in [7, 11) is 0. The lowest BCUT2D eigenvalue weighted by Gasteiger charge is -2.39. The molecule has 0 spiro atoms. The molecule has 154 valence electrons. The largest absolute Gasteiger partial charge is 0.396 e. The van der Waals surface area contributed by atoms with E-state index >= 15 is 0 Å². The van der Waals surface area contributed by atoms with Gasteiger partial charge in [0.2, 0.25) is 0 Å². The van der Waals surface area contributed by atoms with E-state index < -0.39 is 0 Å². The van der Waals surface area contributed by atoms with Crippen molar-refractivity contribution >= 4 is 11.8 Å². The fourth-order valence-electron chi connectivity index (χ4n) is 4.52. The van der Waals surface area contributed by atoms with Gasteiger partial charge in [-0.15, -0.1) is 5.10 Å². The van der Waals surface area contributed by atoms with E-state index in [1.54, 1.807) is 6.20 Å². The highest BCUT2D eigenvalue weighted by Crippen LogP contribution is 2.32. The zero-order valence-electron chi connectivity index (χ0n) is 16.7. The normalized spacial score (nSPS) is 23.1. The molecule has 7 nitrogen and oxygen atoms in total. The number of urea groups is 1. The fourth-order valence-corrected chi connectivity index (χ4v) is 4.52. The molecular weight excluding hydrogens is 366 g/mol. The van der Waals surface area contributed by atoms with E-state index in [0.717, 1.165) is 44.7 Å². The fraction of sp³-hybridized carbons (Fsp3) is 0.500.